The molecule has 19 heavy (non-hydrogen) atoms. The number of hydrogen-bond acceptors (Lipinski definition) is 4. The maximum absolute atomic E-state index is 12.2. The highest BCUT2D eigenvalue weighted by Gasteiger charge is 2.18. The van der Waals surface area contributed by atoms with Crippen LogP contribution >= 0.6 is 15.9 Å². The summed E-state index contributed by atoms with van der Waals surface area (Å²) in [7, 11) is -3.73. The number of pyridine rings is 1. The van der Waals surface area contributed by atoms with Gasteiger partial charge in [-0.25, -0.2) is 13.4 Å². The van der Waals surface area contributed by atoms with Crippen molar-refractivity contribution < 1.29 is 8.42 Å². The highest BCUT2D eigenvalue weighted by atomic mass is 79.9. The number of sulfonamides is 1. The number of nitrogens with two attached hydrogens (primary N) is 1. The third kappa shape index (κ3) is 3.05. The van der Waals surface area contributed by atoms with Gasteiger partial charge in [0.1, 0.15) is 10.7 Å². The number of nitrogens with one attached hydrogen (secondary N) is 1. The van der Waals surface area contributed by atoms with E-state index in [1.165, 1.54) is 18.3 Å². The van der Waals surface area contributed by atoms with Crippen LogP contribution in [0, 0.1) is 6.92 Å². The van der Waals surface area contributed by atoms with Crippen molar-refractivity contribution in [3.05, 3.63) is 46.6 Å². The summed E-state index contributed by atoms with van der Waals surface area (Å²) in [6.45, 7) is 1.88. The smallest absolute Gasteiger partial charge is 0.265 e. The maximum atomic E-state index is 12.2. The quantitative estimate of drug-likeness (QED) is 0.898. The molecule has 7 heteroatoms. The van der Waals surface area contributed by atoms with Crippen molar-refractivity contribution >= 4 is 37.5 Å². The summed E-state index contributed by atoms with van der Waals surface area (Å²) in [6, 6.07) is 8.11. The molecule has 0 spiro atoms. The zero-order chi connectivity index (χ0) is 14.0. The number of rotatable bonds is 3. The normalized spacial score (nSPS) is 11.3. The van der Waals surface area contributed by atoms with Crippen LogP contribution in [-0.2, 0) is 10.0 Å². The maximum Gasteiger partial charge on any atom is 0.265 e. The largest absolute Gasteiger partial charge is 0.383 e. The fourth-order valence-corrected chi connectivity index (χ4v) is 2.93. The highest BCUT2D eigenvalue weighted by Crippen LogP contribution is 2.23. The van der Waals surface area contributed by atoms with Crippen molar-refractivity contribution in [2.24, 2.45) is 0 Å². The van der Waals surface area contributed by atoms with Crippen LogP contribution in [0.25, 0.3) is 0 Å². The lowest BCUT2D eigenvalue weighted by atomic mass is 10.2. The number of halogens is 1. The average Bonchev–Trinajstić information content (AvgIpc) is 2.34. The summed E-state index contributed by atoms with van der Waals surface area (Å²) in [5.74, 6) is -0.0242. The van der Waals surface area contributed by atoms with Gasteiger partial charge in [0.2, 0.25) is 0 Å². The molecule has 0 fully saturated rings. The minimum Gasteiger partial charge on any atom is -0.383 e. The Balaban J connectivity index is 2.37. The van der Waals surface area contributed by atoms with Gasteiger partial charge < -0.3 is 5.73 Å². The van der Waals surface area contributed by atoms with E-state index in [0.29, 0.717) is 5.69 Å². The van der Waals surface area contributed by atoms with Gasteiger partial charge in [-0.1, -0.05) is 15.9 Å². The molecule has 0 saturated heterocycles. The molecule has 2 aromatic rings. The zero-order valence-corrected chi connectivity index (χ0v) is 12.5. The average molecular weight is 342 g/mol. The van der Waals surface area contributed by atoms with Crippen molar-refractivity contribution in [2.75, 3.05) is 10.5 Å². The summed E-state index contributed by atoms with van der Waals surface area (Å²) in [5, 5.41) is 0. The second kappa shape index (κ2) is 5.18. The van der Waals surface area contributed by atoms with E-state index in [2.05, 4.69) is 25.6 Å². The third-order valence-electron chi connectivity index (χ3n) is 2.50. The molecule has 0 aliphatic carbocycles. The predicted molar refractivity (Wildman–Crippen MR) is 78.3 cm³/mol. The molecule has 1 aromatic carbocycles. The first-order valence-electron chi connectivity index (χ1n) is 5.39. The lowest BCUT2D eigenvalue weighted by Crippen LogP contribution is -2.15. The van der Waals surface area contributed by atoms with E-state index in [0.717, 1.165) is 10.0 Å². The molecule has 0 bridgehead atoms. The topological polar surface area (TPSA) is 85.1 Å². The minimum absolute atomic E-state index is 0.0242. The van der Waals surface area contributed by atoms with Crippen molar-refractivity contribution in [1.29, 1.82) is 0 Å². The summed E-state index contributed by atoms with van der Waals surface area (Å²) in [4.78, 5) is 3.74. The second-order valence-corrected chi connectivity index (χ2v) is 6.46. The summed E-state index contributed by atoms with van der Waals surface area (Å²) in [5.41, 5.74) is 6.98. The molecule has 1 heterocycles. The van der Waals surface area contributed by atoms with Crippen LogP contribution < -0.4 is 10.5 Å². The van der Waals surface area contributed by atoms with E-state index < -0.39 is 10.0 Å². The van der Waals surface area contributed by atoms with Crippen LogP contribution in [0.4, 0.5) is 11.5 Å². The second-order valence-electron chi connectivity index (χ2n) is 3.96. The van der Waals surface area contributed by atoms with Crippen molar-refractivity contribution in [3.8, 4) is 0 Å². The Hall–Kier alpha value is -1.60. The van der Waals surface area contributed by atoms with Gasteiger partial charge in [0.25, 0.3) is 10.0 Å². The molecule has 5 nitrogen and oxygen atoms in total. The number of aryl methyl sites for hydroxylation is 1. The Morgan fingerprint density at radius 3 is 2.68 bits per heavy atom. The SMILES string of the molecule is Cc1cc(NS(=O)(=O)c2cccnc2N)ccc1Br. The van der Waals surface area contributed by atoms with E-state index >= 15 is 0 Å². The van der Waals surface area contributed by atoms with E-state index in [9.17, 15) is 8.42 Å². The monoisotopic (exact) mass is 341 g/mol. The van der Waals surface area contributed by atoms with E-state index in [4.69, 9.17) is 5.73 Å². The molecule has 0 unspecified atom stereocenters. The minimum atomic E-state index is -3.73. The molecule has 0 radical (unpaired) electrons. The van der Waals surface area contributed by atoms with Gasteiger partial charge in [0, 0.05) is 16.4 Å². The first-order valence-corrected chi connectivity index (χ1v) is 7.67. The van der Waals surface area contributed by atoms with E-state index in [1.54, 1.807) is 18.2 Å². The van der Waals surface area contributed by atoms with Crippen molar-refractivity contribution in [1.82, 2.24) is 4.98 Å². The number of nitrogens with zero attached hydrogens (tertiary/aromatic N) is 1. The molecule has 3 N–H and O–H groups in total. The van der Waals surface area contributed by atoms with Gasteiger partial charge in [-0.3, -0.25) is 4.72 Å². The number of aromatic nitrogens is 1. The summed E-state index contributed by atoms with van der Waals surface area (Å²) in [6.07, 6.45) is 1.44. The fraction of sp³-hybridized carbons (Fsp3) is 0.0833. The van der Waals surface area contributed by atoms with E-state index in [-0.39, 0.29) is 10.7 Å². The molecule has 0 atom stereocenters. The van der Waals surface area contributed by atoms with Gasteiger partial charge >= 0.3 is 0 Å². The van der Waals surface area contributed by atoms with Gasteiger partial charge in [-0.05, 0) is 42.8 Å². The lowest BCUT2D eigenvalue weighted by Gasteiger charge is -2.10. The Morgan fingerprint density at radius 2 is 2.05 bits per heavy atom. The van der Waals surface area contributed by atoms with Crippen LogP contribution in [0.5, 0.6) is 0 Å². The van der Waals surface area contributed by atoms with Gasteiger partial charge in [0.05, 0.1) is 0 Å². The molecular weight excluding hydrogens is 330 g/mol. The Kier molecular flexibility index (Phi) is 3.77. The summed E-state index contributed by atoms with van der Waals surface area (Å²) < 4.78 is 27.7. The molecule has 0 saturated carbocycles. The van der Waals surface area contributed by atoms with Gasteiger partial charge in [-0.2, -0.15) is 0 Å². The number of benzene rings is 1. The standard InChI is InChI=1S/C12H12BrN3O2S/c1-8-7-9(4-5-10(8)13)16-19(17,18)11-3-2-6-15-12(11)14/h2-7,16H,1H3,(H2,14,15). The van der Waals surface area contributed by atoms with Crippen LogP contribution in [0.3, 0.4) is 0 Å². The first-order chi connectivity index (χ1) is 8.90. The lowest BCUT2D eigenvalue weighted by molar-refractivity contribution is 0.601. The highest BCUT2D eigenvalue weighted by molar-refractivity contribution is 9.10. The van der Waals surface area contributed by atoms with Crippen LogP contribution in [-0.4, -0.2) is 13.4 Å². The fourth-order valence-electron chi connectivity index (χ4n) is 1.55. The number of nitrogen functional groups attached to an aromatic ring is 1. The molecule has 0 amide bonds. The first kappa shape index (κ1) is 13.8. The van der Waals surface area contributed by atoms with E-state index in [1.807, 2.05) is 6.92 Å². The molecule has 1 aromatic heterocycles. The Morgan fingerprint density at radius 1 is 1.32 bits per heavy atom. The van der Waals surface area contributed by atoms with Gasteiger partial charge in [0.15, 0.2) is 0 Å². The Labute approximate surface area is 120 Å². The predicted octanol–water partition coefficient (Wildman–Crippen LogP) is 2.54. The van der Waals surface area contributed by atoms with Crippen molar-refractivity contribution in [3.63, 3.8) is 0 Å². The number of anilines is 2. The molecule has 2 rings (SSSR count). The third-order valence-corrected chi connectivity index (χ3v) is 4.82. The Bertz CT molecular complexity index is 717. The molecule has 100 valence electrons. The van der Waals surface area contributed by atoms with Crippen LogP contribution in [0.1, 0.15) is 5.56 Å². The van der Waals surface area contributed by atoms with Crippen molar-refractivity contribution in [2.45, 2.75) is 11.8 Å². The zero-order valence-electron chi connectivity index (χ0n) is 10.1. The molecular formula is C12H12BrN3O2S. The summed E-state index contributed by atoms with van der Waals surface area (Å²) >= 11 is 3.36. The van der Waals surface area contributed by atoms with Crippen LogP contribution in [0.2, 0.25) is 0 Å². The molecule has 0 aliphatic rings. The van der Waals surface area contributed by atoms with Gasteiger partial charge in [-0.15, -0.1) is 0 Å². The van der Waals surface area contributed by atoms with Crippen LogP contribution in [0.15, 0.2) is 45.9 Å². The molecule has 0 aliphatic heterocycles. The number of hydrogen-bond donors (Lipinski definition) is 2.